The molecule has 0 atom stereocenters. The minimum atomic E-state index is -0.107. The van der Waals surface area contributed by atoms with Gasteiger partial charge in [0, 0.05) is 7.05 Å². The molecule has 2 rings (SSSR count). The van der Waals surface area contributed by atoms with E-state index < -0.39 is 0 Å². The van der Waals surface area contributed by atoms with E-state index >= 15 is 0 Å². The lowest BCUT2D eigenvalue weighted by molar-refractivity contribution is 0.655. The van der Waals surface area contributed by atoms with Crippen LogP contribution in [0.25, 0.3) is 0 Å². The summed E-state index contributed by atoms with van der Waals surface area (Å²) in [5, 5.41) is 4.29. The summed E-state index contributed by atoms with van der Waals surface area (Å²) in [4.78, 5) is 0. The van der Waals surface area contributed by atoms with E-state index in [2.05, 4.69) is 21.0 Å². The summed E-state index contributed by atoms with van der Waals surface area (Å²) < 4.78 is 2.78. The lowest BCUT2D eigenvalue weighted by Crippen LogP contribution is -2.19. The zero-order chi connectivity index (χ0) is 8.06. The molecular formula is C7H10BrN3. The van der Waals surface area contributed by atoms with Crippen molar-refractivity contribution in [1.29, 1.82) is 0 Å². The Balaban J connectivity index is 2.39. The van der Waals surface area contributed by atoms with Crippen molar-refractivity contribution in [3.05, 3.63) is 16.4 Å². The highest BCUT2D eigenvalue weighted by Crippen LogP contribution is 2.42. The second-order valence-corrected chi connectivity index (χ2v) is 3.94. The van der Waals surface area contributed by atoms with E-state index in [9.17, 15) is 0 Å². The van der Waals surface area contributed by atoms with Gasteiger partial charge in [0.15, 0.2) is 0 Å². The van der Waals surface area contributed by atoms with E-state index in [1.54, 1.807) is 4.68 Å². The molecule has 60 valence electrons. The molecule has 0 spiro atoms. The van der Waals surface area contributed by atoms with Gasteiger partial charge in [-0.1, -0.05) is 0 Å². The molecule has 0 radical (unpaired) electrons. The van der Waals surface area contributed by atoms with Crippen LogP contribution in [0, 0.1) is 0 Å². The molecule has 0 bridgehead atoms. The maximum Gasteiger partial charge on any atom is 0.104 e. The van der Waals surface area contributed by atoms with Gasteiger partial charge in [-0.15, -0.1) is 0 Å². The summed E-state index contributed by atoms with van der Waals surface area (Å²) in [5.74, 6) is 0. The minimum absolute atomic E-state index is 0.107. The normalized spacial score (nSPS) is 20.3. The molecule has 2 N–H and O–H groups in total. The van der Waals surface area contributed by atoms with E-state index in [4.69, 9.17) is 5.73 Å². The lowest BCUT2D eigenvalue weighted by Gasteiger charge is -2.01. The Kier molecular flexibility index (Phi) is 1.38. The van der Waals surface area contributed by atoms with Crippen molar-refractivity contribution in [3.8, 4) is 0 Å². The first-order valence-corrected chi connectivity index (χ1v) is 4.40. The Labute approximate surface area is 73.7 Å². The molecule has 4 heteroatoms. The Morgan fingerprint density at radius 3 is 2.73 bits per heavy atom. The highest BCUT2D eigenvalue weighted by Gasteiger charge is 2.42. The zero-order valence-electron chi connectivity index (χ0n) is 6.34. The fourth-order valence-corrected chi connectivity index (χ4v) is 1.37. The number of nitrogens with two attached hydrogens (primary N) is 1. The largest absolute Gasteiger partial charge is 0.320 e. The van der Waals surface area contributed by atoms with Crippen LogP contribution < -0.4 is 5.73 Å². The molecule has 0 saturated heterocycles. The topological polar surface area (TPSA) is 43.8 Å². The van der Waals surface area contributed by atoms with Gasteiger partial charge in [-0.25, -0.2) is 0 Å². The monoisotopic (exact) mass is 215 g/mol. The molecule has 1 aromatic rings. The molecule has 0 aromatic carbocycles. The third-order valence-corrected chi connectivity index (χ3v) is 2.86. The predicted molar refractivity (Wildman–Crippen MR) is 46.0 cm³/mol. The van der Waals surface area contributed by atoms with E-state index in [0.717, 1.165) is 23.1 Å². The van der Waals surface area contributed by atoms with E-state index in [1.165, 1.54) is 0 Å². The van der Waals surface area contributed by atoms with Crippen LogP contribution in [0.1, 0.15) is 18.5 Å². The number of nitrogens with zero attached hydrogens (tertiary/aromatic N) is 2. The average Bonchev–Trinajstić information content (AvgIpc) is 2.59. The molecule has 1 aliphatic carbocycles. The number of rotatable bonds is 1. The second-order valence-electron chi connectivity index (χ2n) is 3.13. The number of hydrogen-bond acceptors (Lipinski definition) is 2. The summed E-state index contributed by atoms with van der Waals surface area (Å²) in [6.45, 7) is 0. The first-order valence-electron chi connectivity index (χ1n) is 3.61. The van der Waals surface area contributed by atoms with Gasteiger partial charge < -0.3 is 5.73 Å². The molecule has 1 heterocycles. The van der Waals surface area contributed by atoms with Crippen LogP contribution >= 0.6 is 15.9 Å². The summed E-state index contributed by atoms with van der Waals surface area (Å²) in [5.41, 5.74) is 6.85. The van der Waals surface area contributed by atoms with Crippen LogP contribution in [0.4, 0.5) is 0 Å². The predicted octanol–water partition coefficient (Wildman–Crippen LogP) is 1.13. The summed E-state index contributed by atoms with van der Waals surface area (Å²) in [6, 6.07) is 1.99. The molecule has 1 fully saturated rings. The number of aromatic nitrogens is 2. The standard InChI is InChI=1S/C7H10BrN3/c1-11-6(8)4-5(10-11)7(9)2-3-7/h4H,2-3,9H2,1H3. The Morgan fingerprint density at radius 1 is 1.73 bits per heavy atom. The smallest absolute Gasteiger partial charge is 0.104 e. The van der Waals surface area contributed by atoms with Crippen molar-refractivity contribution >= 4 is 15.9 Å². The second kappa shape index (κ2) is 2.08. The fraction of sp³-hybridized carbons (Fsp3) is 0.571. The van der Waals surface area contributed by atoms with Crippen LogP contribution in [-0.4, -0.2) is 9.78 Å². The van der Waals surface area contributed by atoms with Crippen molar-refractivity contribution in [2.75, 3.05) is 0 Å². The van der Waals surface area contributed by atoms with Gasteiger partial charge in [-0.2, -0.15) is 5.10 Å². The van der Waals surface area contributed by atoms with Crippen molar-refractivity contribution in [3.63, 3.8) is 0 Å². The van der Waals surface area contributed by atoms with Crippen LogP contribution in [0.3, 0.4) is 0 Å². The maximum absolute atomic E-state index is 5.95. The molecule has 1 aromatic heterocycles. The highest BCUT2D eigenvalue weighted by atomic mass is 79.9. The summed E-state index contributed by atoms with van der Waals surface area (Å²) in [7, 11) is 1.90. The lowest BCUT2D eigenvalue weighted by atomic mass is 10.2. The average molecular weight is 216 g/mol. The van der Waals surface area contributed by atoms with Gasteiger partial charge in [0.1, 0.15) is 4.60 Å². The Hall–Kier alpha value is -0.350. The molecule has 1 saturated carbocycles. The van der Waals surface area contributed by atoms with Gasteiger partial charge in [0.2, 0.25) is 0 Å². The van der Waals surface area contributed by atoms with Crippen LogP contribution in [0.2, 0.25) is 0 Å². The summed E-state index contributed by atoms with van der Waals surface area (Å²) >= 11 is 3.38. The third kappa shape index (κ3) is 1.10. The number of aryl methyl sites for hydroxylation is 1. The Morgan fingerprint density at radius 2 is 2.36 bits per heavy atom. The maximum atomic E-state index is 5.95. The van der Waals surface area contributed by atoms with Gasteiger partial charge in [-0.3, -0.25) is 4.68 Å². The third-order valence-electron chi connectivity index (χ3n) is 2.12. The first-order chi connectivity index (χ1) is 5.12. The van der Waals surface area contributed by atoms with Crippen LogP contribution in [0.5, 0.6) is 0 Å². The van der Waals surface area contributed by atoms with Crippen molar-refractivity contribution in [2.24, 2.45) is 12.8 Å². The van der Waals surface area contributed by atoms with Gasteiger partial charge in [0.05, 0.1) is 11.2 Å². The van der Waals surface area contributed by atoms with Crippen LogP contribution in [-0.2, 0) is 12.6 Å². The molecule has 3 nitrogen and oxygen atoms in total. The minimum Gasteiger partial charge on any atom is -0.320 e. The molecular weight excluding hydrogens is 206 g/mol. The quantitative estimate of drug-likeness (QED) is 0.764. The van der Waals surface area contributed by atoms with Gasteiger partial charge >= 0.3 is 0 Å². The Bertz CT molecular complexity index is 268. The van der Waals surface area contributed by atoms with E-state index in [-0.39, 0.29) is 5.54 Å². The van der Waals surface area contributed by atoms with E-state index in [0.29, 0.717) is 0 Å². The number of hydrogen-bond donors (Lipinski definition) is 1. The highest BCUT2D eigenvalue weighted by molar-refractivity contribution is 9.10. The molecule has 0 unspecified atom stereocenters. The van der Waals surface area contributed by atoms with Gasteiger partial charge in [-0.05, 0) is 34.8 Å². The van der Waals surface area contributed by atoms with Crippen molar-refractivity contribution in [2.45, 2.75) is 18.4 Å². The molecule has 0 amide bonds. The molecule has 11 heavy (non-hydrogen) atoms. The van der Waals surface area contributed by atoms with Crippen molar-refractivity contribution in [1.82, 2.24) is 9.78 Å². The number of halogens is 1. The van der Waals surface area contributed by atoms with E-state index in [1.807, 2.05) is 13.1 Å². The van der Waals surface area contributed by atoms with Crippen LogP contribution in [0.15, 0.2) is 10.7 Å². The molecule has 1 aliphatic rings. The van der Waals surface area contributed by atoms with Crippen molar-refractivity contribution < 1.29 is 0 Å². The van der Waals surface area contributed by atoms with Gasteiger partial charge in [0.25, 0.3) is 0 Å². The SMILES string of the molecule is Cn1nc(C2(N)CC2)cc1Br. The zero-order valence-corrected chi connectivity index (χ0v) is 7.93. The summed E-state index contributed by atoms with van der Waals surface area (Å²) in [6.07, 6.45) is 2.13. The molecule has 0 aliphatic heterocycles. The first kappa shape index (κ1) is 7.31. The fourth-order valence-electron chi connectivity index (χ4n) is 1.08.